The van der Waals surface area contributed by atoms with Crippen molar-refractivity contribution in [1.29, 1.82) is 0 Å². The van der Waals surface area contributed by atoms with Crippen LogP contribution in [0.2, 0.25) is 0 Å². The predicted molar refractivity (Wildman–Crippen MR) is 104 cm³/mol. The molecule has 1 heterocycles. The van der Waals surface area contributed by atoms with Crippen molar-refractivity contribution in [1.82, 2.24) is 20.1 Å². The van der Waals surface area contributed by atoms with Gasteiger partial charge in [-0.3, -0.25) is 9.59 Å². The van der Waals surface area contributed by atoms with E-state index in [9.17, 15) is 9.59 Å². The van der Waals surface area contributed by atoms with Gasteiger partial charge in [-0.25, -0.2) is 9.67 Å². The van der Waals surface area contributed by atoms with Crippen LogP contribution in [-0.4, -0.2) is 32.8 Å². The van der Waals surface area contributed by atoms with Gasteiger partial charge in [0.05, 0.1) is 6.54 Å². The van der Waals surface area contributed by atoms with Crippen LogP contribution in [0.25, 0.3) is 0 Å². The number of benzene rings is 2. The monoisotopic (exact) mass is 381 g/mol. The Balaban J connectivity index is 1.49. The SMILES string of the molecule is CSc1cccc(NC(=O)C(=O)NCc2ccc(Cn3cncn3)cc2)c1. The number of nitrogens with zero attached hydrogens (tertiary/aromatic N) is 3. The number of carbonyl (C=O) groups is 2. The second-order valence-corrected chi connectivity index (χ2v) is 6.66. The van der Waals surface area contributed by atoms with Gasteiger partial charge in [0.15, 0.2) is 0 Å². The van der Waals surface area contributed by atoms with Crippen molar-refractivity contribution < 1.29 is 9.59 Å². The summed E-state index contributed by atoms with van der Waals surface area (Å²) in [6.45, 7) is 0.908. The molecule has 2 aromatic carbocycles. The molecule has 7 nitrogen and oxygen atoms in total. The molecule has 27 heavy (non-hydrogen) atoms. The highest BCUT2D eigenvalue weighted by Gasteiger charge is 2.13. The first-order valence-corrected chi connectivity index (χ1v) is 9.50. The lowest BCUT2D eigenvalue weighted by Gasteiger charge is -2.08. The average molecular weight is 381 g/mol. The summed E-state index contributed by atoms with van der Waals surface area (Å²) in [4.78, 5) is 28.9. The Labute approximate surface area is 161 Å². The van der Waals surface area contributed by atoms with Gasteiger partial charge >= 0.3 is 11.8 Å². The molecule has 0 atom stereocenters. The molecule has 0 saturated carbocycles. The summed E-state index contributed by atoms with van der Waals surface area (Å²) in [7, 11) is 0. The van der Waals surface area contributed by atoms with E-state index in [1.54, 1.807) is 28.8 Å². The second-order valence-electron chi connectivity index (χ2n) is 5.78. The van der Waals surface area contributed by atoms with Crippen LogP contribution in [0.4, 0.5) is 5.69 Å². The molecule has 0 saturated heterocycles. The Morgan fingerprint density at radius 3 is 2.56 bits per heavy atom. The van der Waals surface area contributed by atoms with Gasteiger partial charge in [0.2, 0.25) is 0 Å². The third-order valence-corrected chi connectivity index (χ3v) is 4.55. The van der Waals surface area contributed by atoms with Crippen LogP contribution in [0.1, 0.15) is 11.1 Å². The van der Waals surface area contributed by atoms with Crippen molar-refractivity contribution in [3.63, 3.8) is 0 Å². The van der Waals surface area contributed by atoms with Gasteiger partial charge in [-0.2, -0.15) is 5.10 Å². The summed E-state index contributed by atoms with van der Waals surface area (Å²) in [6.07, 6.45) is 5.10. The Kier molecular flexibility index (Phi) is 6.22. The van der Waals surface area contributed by atoms with E-state index in [0.717, 1.165) is 16.0 Å². The first-order chi connectivity index (χ1) is 13.1. The standard InChI is InChI=1S/C19H19N5O2S/c1-27-17-4-2-3-16(9-17)23-19(26)18(25)21-10-14-5-7-15(8-6-14)11-24-13-20-12-22-24/h2-9,12-13H,10-11H2,1H3,(H,21,25)(H,23,26). The molecule has 0 aliphatic carbocycles. The van der Waals surface area contributed by atoms with Crippen molar-refractivity contribution in [2.24, 2.45) is 0 Å². The Bertz CT molecular complexity index is 910. The van der Waals surface area contributed by atoms with Crippen LogP contribution >= 0.6 is 11.8 Å². The number of nitrogens with one attached hydrogen (secondary N) is 2. The van der Waals surface area contributed by atoms with E-state index in [1.165, 1.54) is 6.33 Å². The van der Waals surface area contributed by atoms with E-state index < -0.39 is 11.8 Å². The van der Waals surface area contributed by atoms with Crippen molar-refractivity contribution in [3.8, 4) is 0 Å². The lowest BCUT2D eigenvalue weighted by molar-refractivity contribution is -0.136. The smallest absolute Gasteiger partial charge is 0.313 e. The molecular formula is C19H19N5O2S. The molecule has 0 aliphatic rings. The van der Waals surface area contributed by atoms with Crippen LogP contribution in [0.3, 0.4) is 0 Å². The number of anilines is 1. The molecule has 2 amide bonds. The molecule has 3 aromatic rings. The van der Waals surface area contributed by atoms with E-state index in [1.807, 2.05) is 48.7 Å². The molecule has 3 rings (SSSR count). The van der Waals surface area contributed by atoms with Gasteiger partial charge in [0.1, 0.15) is 12.7 Å². The zero-order valence-corrected chi connectivity index (χ0v) is 15.6. The summed E-state index contributed by atoms with van der Waals surface area (Å²) in [5, 5.41) is 9.30. The number of amides is 2. The molecule has 0 bridgehead atoms. The van der Waals surface area contributed by atoms with Crippen LogP contribution in [0, 0.1) is 0 Å². The van der Waals surface area contributed by atoms with E-state index in [4.69, 9.17) is 0 Å². The second kappa shape index (κ2) is 9.00. The summed E-state index contributed by atoms with van der Waals surface area (Å²) < 4.78 is 1.73. The fourth-order valence-electron chi connectivity index (χ4n) is 2.42. The molecule has 138 valence electrons. The van der Waals surface area contributed by atoms with Crippen LogP contribution < -0.4 is 10.6 Å². The minimum absolute atomic E-state index is 0.278. The lowest BCUT2D eigenvalue weighted by Crippen LogP contribution is -2.34. The minimum Gasteiger partial charge on any atom is -0.344 e. The maximum Gasteiger partial charge on any atom is 0.313 e. The lowest BCUT2D eigenvalue weighted by atomic mass is 10.1. The van der Waals surface area contributed by atoms with E-state index in [0.29, 0.717) is 12.2 Å². The number of thioether (sulfide) groups is 1. The highest BCUT2D eigenvalue weighted by atomic mass is 32.2. The molecule has 2 N–H and O–H groups in total. The van der Waals surface area contributed by atoms with Crippen molar-refractivity contribution in [3.05, 3.63) is 72.3 Å². The zero-order valence-electron chi connectivity index (χ0n) is 14.8. The molecule has 1 aromatic heterocycles. The molecule has 8 heteroatoms. The summed E-state index contributed by atoms with van der Waals surface area (Å²) in [6, 6.07) is 15.1. The topological polar surface area (TPSA) is 88.9 Å². The molecule has 0 fully saturated rings. The Hall–Kier alpha value is -3.13. The van der Waals surface area contributed by atoms with Gasteiger partial charge in [0.25, 0.3) is 0 Å². The highest BCUT2D eigenvalue weighted by Crippen LogP contribution is 2.18. The van der Waals surface area contributed by atoms with Gasteiger partial charge < -0.3 is 10.6 Å². The van der Waals surface area contributed by atoms with Crippen LogP contribution in [0.5, 0.6) is 0 Å². The summed E-state index contributed by atoms with van der Waals surface area (Å²) in [5.41, 5.74) is 2.57. The maximum absolute atomic E-state index is 12.0. The largest absolute Gasteiger partial charge is 0.344 e. The third-order valence-electron chi connectivity index (χ3n) is 3.82. The quantitative estimate of drug-likeness (QED) is 0.505. The average Bonchev–Trinajstić information content (AvgIpc) is 3.20. The van der Waals surface area contributed by atoms with E-state index in [-0.39, 0.29) is 6.54 Å². The van der Waals surface area contributed by atoms with Crippen molar-refractivity contribution in [2.45, 2.75) is 18.0 Å². The summed E-state index contributed by atoms with van der Waals surface area (Å²) >= 11 is 1.57. The van der Waals surface area contributed by atoms with Crippen LogP contribution in [0.15, 0.2) is 66.1 Å². The molecule has 0 spiro atoms. The van der Waals surface area contributed by atoms with Crippen molar-refractivity contribution >= 4 is 29.3 Å². The van der Waals surface area contributed by atoms with Gasteiger partial charge in [-0.1, -0.05) is 30.3 Å². The van der Waals surface area contributed by atoms with E-state index >= 15 is 0 Å². The number of hydrogen-bond acceptors (Lipinski definition) is 5. The number of hydrogen-bond donors (Lipinski definition) is 2. The normalized spacial score (nSPS) is 10.4. The first kappa shape index (κ1) is 18.7. The predicted octanol–water partition coefficient (Wildman–Crippen LogP) is 2.30. The fraction of sp³-hybridized carbons (Fsp3) is 0.158. The van der Waals surface area contributed by atoms with E-state index in [2.05, 4.69) is 20.7 Å². The van der Waals surface area contributed by atoms with Gasteiger partial charge in [0, 0.05) is 17.1 Å². The number of rotatable bonds is 6. The van der Waals surface area contributed by atoms with Crippen molar-refractivity contribution in [2.75, 3.05) is 11.6 Å². The number of aromatic nitrogens is 3. The molecule has 0 aliphatic heterocycles. The number of carbonyl (C=O) groups excluding carboxylic acids is 2. The first-order valence-electron chi connectivity index (χ1n) is 8.27. The van der Waals surface area contributed by atoms with Crippen LogP contribution in [-0.2, 0) is 22.7 Å². The molecule has 0 unspecified atom stereocenters. The molecular weight excluding hydrogens is 362 g/mol. The minimum atomic E-state index is -0.684. The maximum atomic E-state index is 12.0. The Morgan fingerprint density at radius 1 is 1.07 bits per heavy atom. The summed E-state index contributed by atoms with van der Waals surface area (Å²) in [5.74, 6) is -1.35. The third kappa shape index (κ3) is 5.42. The molecule has 0 radical (unpaired) electrons. The fourth-order valence-corrected chi connectivity index (χ4v) is 2.87. The highest BCUT2D eigenvalue weighted by molar-refractivity contribution is 7.98. The van der Waals surface area contributed by atoms with Gasteiger partial charge in [-0.15, -0.1) is 11.8 Å². The van der Waals surface area contributed by atoms with Gasteiger partial charge in [-0.05, 0) is 35.6 Å². The zero-order chi connectivity index (χ0) is 19.1. The Morgan fingerprint density at radius 2 is 1.85 bits per heavy atom.